The fraction of sp³-hybridized carbons (Fsp3) is 0.733. The second-order valence-electron chi connectivity index (χ2n) is 5.82. The molecule has 3 heterocycles. The maximum atomic E-state index is 5.91. The van der Waals surface area contributed by atoms with Crippen molar-refractivity contribution in [3.8, 4) is 0 Å². The Morgan fingerprint density at radius 1 is 1.10 bits per heavy atom. The summed E-state index contributed by atoms with van der Waals surface area (Å²) in [5.41, 5.74) is 6.96. The quantitative estimate of drug-likeness (QED) is 0.898. The highest BCUT2D eigenvalue weighted by molar-refractivity contribution is 5.44. The van der Waals surface area contributed by atoms with Crippen molar-refractivity contribution in [3.63, 3.8) is 0 Å². The first-order valence-electron chi connectivity index (χ1n) is 7.80. The summed E-state index contributed by atoms with van der Waals surface area (Å²) >= 11 is 0. The minimum atomic E-state index is 0.383. The van der Waals surface area contributed by atoms with Crippen LogP contribution in [0.4, 0.5) is 11.8 Å². The van der Waals surface area contributed by atoms with Crippen LogP contribution in [0.1, 0.15) is 50.1 Å². The Morgan fingerprint density at radius 2 is 1.85 bits per heavy atom. The highest BCUT2D eigenvalue weighted by Gasteiger charge is 2.21. The van der Waals surface area contributed by atoms with E-state index in [0.717, 1.165) is 44.2 Å². The van der Waals surface area contributed by atoms with Gasteiger partial charge in [-0.05, 0) is 19.3 Å². The van der Waals surface area contributed by atoms with Gasteiger partial charge in [0.2, 0.25) is 5.95 Å². The molecule has 2 saturated heterocycles. The van der Waals surface area contributed by atoms with Crippen molar-refractivity contribution in [3.05, 3.63) is 11.8 Å². The number of nitrogens with zero attached hydrogens (tertiary/aromatic N) is 3. The van der Waals surface area contributed by atoms with Crippen molar-refractivity contribution >= 4 is 11.8 Å². The van der Waals surface area contributed by atoms with E-state index in [2.05, 4.69) is 20.9 Å². The van der Waals surface area contributed by atoms with E-state index in [1.165, 1.54) is 32.1 Å². The van der Waals surface area contributed by atoms with Crippen LogP contribution in [0.15, 0.2) is 6.07 Å². The van der Waals surface area contributed by atoms with E-state index >= 15 is 0 Å². The first-order chi connectivity index (χ1) is 9.83. The third-order valence-electron chi connectivity index (χ3n) is 4.28. The van der Waals surface area contributed by atoms with Crippen molar-refractivity contribution in [2.24, 2.45) is 0 Å². The third-order valence-corrected chi connectivity index (χ3v) is 4.28. The van der Waals surface area contributed by atoms with Crippen LogP contribution in [-0.2, 0) is 4.74 Å². The van der Waals surface area contributed by atoms with Crippen molar-refractivity contribution in [1.82, 2.24) is 9.97 Å². The van der Waals surface area contributed by atoms with E-state index in [4.69, 9.17) is 10.5 Å². The standard InChI is InChI=1S/C15H24N4O/c16-15-17-13(12-6-9-20-11-12)10-14(18-15)19-7-4-2-1-3-5-8-19/h10,12H,1-9,11H2,(H2,16,17,18). The molecule has 0 bridgehead atoms. The van der Waals surface area contributed by atoms with Crippen molar-refractivity contribution in [2.45, 2.75) is 44.4 Å². The van der Waals surface area contributed by atoms with Crippen molar-refractivity contribution in [1.29, 1.82) is 0 Å². The summed E-state index contributed by atoms with van der Waals surface area (Å²) in [6.07, 6.45) is 7.53. The molecule has 0 aliphatic carbocycles. The summed E-state index contributed by atoms with van der Waals surface area (Å²) in [6, 6.07) is 2.12. The smallest absolute Gasteiger partial charge is 0.222 e. The molecule has 0 amide bonds. The van der Waals surface area contributed by atoms with Gasteiger partial charge in [-0.3, -0.25) is 0 Å². The molecule has 1 aromatic heterocycles. The van der Waals surface area contributed by atoms with E-state index in [9.17, 15) is 0 Å². The third kappa shape index (κ3) is 3.20. The average molecular weight is 276 g/mol. The fourth-order valence-electron chi connectivity index (χ4n) is 3.09. The van der Waals surface area contributed by atoms with Gasteiger partial charge in [-0.25, -0.2) is 4.98 Å². The Labute approximate surface area is 120 Å². The number of hydrogen-bond acceptors (Lipinski definition) is 5. The van der Waals surface area contributed by atoms with Gasteiger partial charge in [-0.1, -0.05) is 19.3 Å². The van der Waals surface area contributed by atoms with Crippen molar-refractivity contribution < 1.29 is 4.74 Å². The van der Waals surface area contributed by atoms with Crippen LogP contribution in [0.2, 0.25) is 0 Å². The van der Waals surface area contributed by atoms with E-state index in [1.807, 2.05) is 0 Å². The van der Waals surface area contributed by atoms with E-state index < -0.39 is 0 Å². The number of hydrogen-bond donors (Lipinski definition) is 1. The van der Waals surface area contributed by atoms with Gasteiger partial charge in [0.15, 0.2) is 0 Å². The van der Waals surface area contributed by atoms with Gasteiger partial charge in [-0.2, -0.15) is 4.98 Å². The predicted molar refractivity (Wildman–Crippen MR) is 79.9 cm³/mol. The molecule has 0 radical (unpaired) electrons. The van der Waals surface area contributed by atoms with Crippen LogP contribution >= 0.6 is 0 Å². The highest BCUT2D eigenvalue weighted by atomic mass is 16.5. The largest absolute Gasteiger partial charge is 0.381 e. The molecule has 0 aromatic carbocycles. The van der Waals surface area contributed by atoms with Gasteiger partial charge in [0.25, 0.3) is 0 Å². The molecule has 2 fully saturated rings. The zero-order chi connectivity index (χ0) is 13.8. The zero-order valence-corrected chi connectivity index (χ0v) is 12.1. The maximum absolute atomic E-state index is 5.91. The lowest BCUT2D eigenvalue weighted by molar-refractivity contribution is 0.193. The van der Waals surface area contributed by atoms with Gasteiger partial charge < -0.3 is 15.4 Å². The molecule has 5 nitrogen and oxygen atoms in total. The summed E-state index contributed by atoms with van der Waals surface area (Å²) in [6.45, 7) is 3.75. The Morgan fingerprint density at radius 3 is 2.55 bits per heavy atom. The molecule has 1 atom stereocenters. The summed E-state index contributed by atoms with van der Waals surface area (Å²) in [4.78, 5) is 11.2. The molecule has 1 unspecified atom stereocenters. The number of anilines is 2. The molecule has 0 spiro atoms. The molecule has 1 aromatic rings. The first kappa shape index (κ1) is 13.6. The molecule has 110 valence electrons. The number of aromatic nitrogens is 2. The second kappa shape index (κ2) is 6.39. The molecule has 2 N–H and O–H groups in total. The second-order valence-corrected chi connectivity index (χ2v) is 5.82. The number of nitrogen functional groups attached to an aromatic ring is 1. The van der Waals surface area contributed by atoms with E-state index in [-0.39, 0.29) is 0 Å². The fourth-order valence-corrected chi connectivity index (χ4v) is 3.09. The molecule has 2 aliphatic rings. The summed E-state index contributed by atoms with van der Waals surface area (Å²) in [5, 5.41) is 0. The minimum Gasteiger partial charge on any atom is -0.381 e. The molecule has 0 saturated carbocycles. The SMILES string of the molecule is Nc1nc(C2CCOC2)cc(N2CCCCCCC2)n1. The first-order valence-corrected chi connectivity index (χ1v) is 7.80. The lowest BCUT2D eigenvalue weighted by Gasteiger charge is -2.26. The Hall–Kier alpha value is -1.36. The van der Waals surface area contributed by atoms with Crippen LogP contribution in [0.3, 0.4) is 0 Å². The summed E-state index contributed by atoms with van der Waals surface area (Å²) in [5.74, 6) is 1.78. The number of ether oxygens (including phenoxy) is 1. The monoisotopic (exact) mass is 276 g/mol. The summed E-state index contributed by atoms with van der Waals surface area (Å²) in [7, 11) is 0. The number of rotatable bonds is 2. The van der Waals surface area contributed by atoms with Gasteiger partial charge in [0, 0.05) is 31.7 Å². The Balaban J connectivity index is 1.80. The maximum Gasteiger partial charge on any atom is 0.222 e. The summed E-state index contributed by atoms with van der Waals surface area (Å²) < 4.78 is 5.46. The minimum absolute atomic E-state index is 0.383. The molecule has 20 heavy (non-hydrogen) atoms. The lowest BCUT2D eigenvalue weighted by Crippen LogP contribution is -2.28. The highest BCUT2D eigenvalue weighted by Crippen LogP contribution is 2.27. The van der Waals surface area contributed by atoms with Crippen LogP contribution in [0.25, 0.3) is 0 Å². The topological polar surface area (TPSA) is 64.3 Å². The van der Waals surface area contributed by atoms with Crippen LogP contribution < -0.4 is 10.6 Å². The van der Waals surface area contributed by atoms with E-state index in [0.29, 0.717) is 11.9 Å². The normalized spacial score (nSPS) is 24.4. The van der Waals surface area contributed by atoms with E-state index in [1.54, 1.807) is 0 Å². The predicted octanol–water partition coefficient (Wildman–Crippen LogP) is 2.33. The van der Waals surface area contributed by atoms with Crippen molar-refractivity contribution in [2.75, 3.05) is 36.9 Å². The number of nitrogens with two attached hydrogens (primary N) is 1. The molecule has 3 rings (SSSR count). The molecular weight excluding hydrogens is 252 g/mol. The molecule has 5 heteroatoms. The Bertz CT molecular complexity index is 437. The Kier molecular flexibility index (Phi) is 4.35. The lowest BCUT2D eigenvalue weighted by atomic mass is 10.0. The van der Waals surface area contributed by atoms with Crippen LogP contribution in [0, 0.1) is 0 Å². The van der Waals surface area contributed by atoms with Gasteiger partial charge in [-0.15, -0.1) is 0 Å². The van der Waals surface area contributed by atoms with Crippen LogP contribution in [0.5, 0.6) is 0 Å². The van der Waals surface area contributed by atoms with Gasteiger partial charge >= 0.3 is 0 Å². The van der Waals surface area contributed by atoms with Gasteiger partial charge in [0.1, 0.15) is 5.82 Å². The van der Waals surface area contributed by atoms with Gasteiger partial charge in [0.05, 0.1) is 12.3 Å². The molecular formula is C15H24N4O. The zero-order valence-electron chi connectivity index (χ0n) is 12.1. The molecule has 2 aliphatic heterocycles. The average Bonchev–Trinajstić information content (AvgIpc) is 2.91. The van der Waals surface area contributed by atoms with Crippen LogP contribution in [-0.4, -0.2) is 36.3 Å².